The van der Waals surface area contributed by atoms with Crippen molar-refractivity contribution in [2.24, 2.45) is 5.92 Å². The number of rotatable bonds is 3. The van der Waals surface area contributed by atoms with Crippen LogP contribution in [0.1, 0.15) is 27.7 Å². The fourth-order valence-corrected chi connectivity index (χ4v) is 1.67. The molecule has 1 fully saturated rings. The maximum Gasteiger partial charge on any atom is 0.0690 e. The quantitative estimate of drug-likeness (QED) is 0.742. The van der Waals surface area contributed by atoms with Crippen molar-refractivity contribution in [3.8, 4) is 0 Å². The first kappa shape index (κ1) is 12.0. The van der Waals surface area contributed by atoms with Crippen LogP contribution in [-0.2, 0) is 4.74 Å². The van der Waals surface area contributed by atoms with Crippen LogP contribution in [0.4, 0.5) is 0 Å². The van der Waals surface area contributed by atoms with Crippen molar-refractivity contribution in [3.05, 3.63) is 0 Å². The molecule has 1 aliphatic rings. The third-order valence-electron chi connectivity index (χ3n) is 2.99. The largest absolute Gasteiger partial charge is 0.392 e. The molecule has 0 spiro atoms. The zero-order valence-electron chi connectivity index (χ0n) is 9.79. The summed E-state index contributed by atoms with van der Waals surface area (Å²) in [6, 6.07) is 0. The molecule has 14 heavy (non-hydrogen) atoms. The van der Waals surface area contributed by atoms with Crippen LogP contribution < -0.4 is 0 Å². The SMILES string of the molecule is CC(C)C(O)CN1CCOCC1(C)C. The van der Waals surface area contributed by atoms with Crippen LogP contribution in [0.5, 0.6) is 0 Å². The molecule has 1 atom stereocenters. The number of morpholine rings is 1. The molecule has 3 heteroatoms. The molecule has 0 aromatic carbocycles. The van der Waals surface area contributed by atoms with Gasteiger partial charge in [-0.05, 0) is 19.8 Å². The number of aliphatic hydroxyl groups excluding tert-OH is 1. The zero-order chi connectivity index (χ0) is 10.8. The highest BCUT2D eigenvalue weighted by atomic mass is 16.5. The molecule has 0 aromatic rings. The molecule has 1 heterocycles. The molecular formula is C11H23NO2. The lowest BCUT2D eigenvalue weighted by atomic mass is 9.99. The summed E-state index contributed by atoms with van der Waals surface area (Å²) in [5.41, 5.74) is 0.0636. The molecule has 0 aliphatic carbocycles. The Morgan fingerprint density at radius 2 is 2.07 bits per heavy atom. The standard InChI is InChI=1S/C11H23NO2/c1-9(2)10(13)7-12-5-6-14-8-11(12,3)4/h9-10,13H,5-8H2,1-4H3. The van der Waals surface area contributed by atoms with Gasteiger partial charge < -0.3 is 9.84 Å². The maximum absolute atomic E-state index is 9.83. The summed E-state index contributed by atoms with van der Waals surface area (Å²) < 4.78 is 5.43. The highest BCUT2D eigenvalue weighted by Gasteiger charge is 2.31. The van der Waals surface area contributed by atoms with Gasteiger partial charge in [0.1, 0.15) is 0 Å². The van der Waals surface area contributed by atoms with E-state index in [4.69, 9.17) is 4.74 Å². The van der Waals surface area contributed by atoms with Gasteiger partial charge in [0, 0.05) is 18.6 Å². The van der Waals surface area contributed by atoms with Gasteiger partial charge in [-0.25, -0.2) is 0 Å². The van der Waals surface area contributed by atoms with Gasteiger partial charge in [0.15, 0.2) is 0 Å². The Bertz CT molecular complexity index is 180. The van der Waals surface area contributed by atoms with Gasteiger partial charge in [-0.2, -0.15) is 0 Å². The predicted molar refractivity (Wildman–Crippen MR) is 57.3 cm³/mol. The van der Waals surface area contributed by atoms with Crippen molar-refractivity contribution in [2.75, 3.05) is 26.3 Å². The van der Waals surface area contributed by atoms with E-state index in [-0.39, 0.29) is 11.6 Å². The number of hydrogen-bond acceptors (Lipinski definition) is 3. The van der Waals surface area contributed by atoms with E-state index in [1.807, 2.05) is 0 Å². The summed E-state index contributed by atoms with van der Waals surface area (Å²) >= 11 is 0. The fraction of sp³-hybridized carbons (Fsp3) is 1.00. The van der Waals surface area contributed by atoms with Crippen LogP contribution in [-0.4, -0.2) is 48.0 Å². The van der Waals surface area contributed by atoms with Gasteiger partial charge in [-0.15, -0.1) is 0 Å². The van der Waals surface area contributed by atoms with Crippen LogP contribution >= 0.6 is 0 Å². The van der Waals surface area contributed by atoms with Crippen molar-refractivity contribution < 1.29 is 9.84 Å². The van der Waals surface area contributed by atoms with Gasteiger partial charge in [0.05, 0.1) is 19.3 Å². The van der Waals surface area contributed by atoms with Crippen LogP contribution in [0.15, 0.2) is 0 Å². The van der Waals surface area contributed by atoms with Crippen LogP contribution in [0.25, 0.3) is 0 Å². The molecule has 1 rings (SSSR count). The van der Waals surface area contributed by atoms with Gasteiger partial charge in [-0.3, -0.25) is 4.90 Å². The van der Waals surface area contributed by atoms with E-state index in [0.717, 1.165) is 26.3 Å². The fourth-order valence-electron chi connectivity index (χ4n) is 1.67. The lowest BCUT2D eigenvalue weighted by Crippen LogP contribution is -2.55. The molecule has 0 amide bonds. The number of nitrogens with zero attached hydrogens (tertiary/aromatic N) is 1. The Labute approximate surface area is 87.1 Å². The van der Waals surface area contributed by atoms with Crippen LogP contribution in [0, 0.1) is 5.92 Å². The number of β-amino-alcohol motifs (C(OH)–C–C–N with tert-alkyl or cyclic N) is 1. The second-order valence-electron chi connectivity index (χ2n) is 5.12. The van der Waals surface area contributed by atoms with E-state index in [1.165, 1.54) is 0 Å². The minimum atomic E-state index is -0.229. The first-order valence-electron chi connectivity index (χ1n) is 5.44. The van der Waals surface area contributed by atoms with E-state index in [2.05, 4.69) is 32.6 Å². The molecule has 1 N–H and O–H groups in total. The molecule has 1 unspecified atom stereocenters. The minimum absolute atomic E-state index is 0.0636. The van der Waals surface area contributed by atoms with Crippen LogP contribution in [0.2, 0.25) is 0 Å². The Morgan fingerprint density at radius 3 is 2.57 bits per heavy atom. The normalized spacial score (nSPS) is 25.3. The van der Waals surface area contributed by atoms with E-state index < -0.39 is 0 Å². The average molecular weight is 201 g/mol. The minimum Gasteiger partial charge on any atom is -0.392 e. The van der Waals surface area contributed by atoms with Crippen molar-refractivity contribution >= 4 is 0 Å². The molecule has 84 valence electrons. The Balaban J connectivity index is 2.49. The molecule has 1 saturated heterocycles. The van der Waals surface area contributed by atoms with Crippen molar-refractivity contribution in [3.63, 3.8) is 0 Å². The van der Waals surface area contributed by atoms with Crippen molar-refractivity contribution in [1.29, 1.82) is 0 Å². The van der Waals surface area contributed by atoms with E-state index in [0.29, 0.717) is 5.92 Å². The summed E-state index contributed by atoms with van der Waals surface area (Å²) in [6.45, 7) is 11.7. The highest BCUT2D eigenvalue weighted by Crippen LogP contribution is 2.20. The average Bonchev–Trinajstić information content (AvgIpc) is 2.08. The summed E-state index contributed by atoms with van der Waals surface area (Å²) in [6.07, 6.45) is -0.229. The third kappa shape index (κ3) is 2.94. The lowest BCUT2D eigenvalue weighted by Gasteiger charge is -2.43. The van der Waals surface area contributed by atoms with E-state index in [9.17, 15) is 5.11 Å². The summed E-state index contributed by atoms with van der Waals surface area (Å²) in [7, 11) is 0. The number of ether oxygens (including phenoxy) is 1. The Morgan fingerprint density at radius 1 is 1.43 bits per heavy atom. The van der Waals surface area contributed by atoms with Crippen molar-refractivity contribution in [2.45, 2.75) is 39.3 Å². The molecule has 0 aromatic heterocycles. The van der Waals surface area contributed by atoms with Crippen LogP contribution in [0.3, 0.4) is 0 Å². The highest BCUT2D eigenvalue weighted by molar-refractivity contribution is 4.86. The lowest BCUT2D eigenvalue weighted by molar-refractivity contribution is -0.0711. The number of aliphatic hydroxyl groups is 1. The molecule has 3 nitrogen and oxygen atoms in total. The molecule has 0 saturated carbocycles. The van der Waals surface area contributed by atoms with Gasteiger partial charge in [0.2, 0.25) is 0 Å². The Kier molecular flexibility index (Phi) is 3.93. The van der Waals surface area contributed by atoms with Gasteiger partial charge >= 0.3 is 0 Å². The first-order chi connectivity index (χ1) is 6.43. The first-order valence-corrected chi connectivity index (χ1v) is 5.44. The zero-order valence-corrected chi connectivity index (χ0v) is 9.79. The van der Waals surface area contributed by atoms with Gasteiger partial charge in [-0.1, -0.05) is 13.8 Å². The van der Waals surface area contributed by atoms with E-state index >= 15 is 0 Å². The topological polar surface area (TPSA) is 32.7 Å². The van der Waals surface area contributed by atoms with Crippen molar-refractivity contribution in [1.82, 2.24) is 4.90 Å². The summed E-state index contributed by atoms with van der Waals surface area (Å²) in [5, 5.41) is 9.83. The molecule has 0 radical (unpaired) electrons. The van der Waals surface area contributed by atoms with E-state index in [1.54, 1.807) is 0 Å². The molecule has 1 aliphatic heterocycles. The predicted octanol–water partition coefficient (Wildman–Crippen LogP) is 1.11. The molecule has 0 bridgehead atoms. The monoisotopic (exact) mass is 201 g/mol. The Hall–Kier alpha value is -0.120. The van der Waals surface area contributed by atoms with Gasteiger partial charge in [0.25, 0.3) is 0 Å². The maximum atomic E-state index is 9.83. The smallest absolute Gasteiger partial charge is 0.0690 e. The summed E-state index contributed by atoms with van der Waals surface area (Å²) in [4.78, 5) is 2.32. The summed E-state index contributed by atoms with van der Waals surface area (Å²) in [5.74, 6) is 0.327. The number of hydrogen-bond donors (Lipinski definition) is 1. The second kappa shape index (κ2) is 4.60. The second-order valence-corrected chi connectivity index (χ2v) is 5.12. The molecular weight excluding hydrogens is 178 g/mol. The third-order valence-corrected chi connectivity index (χ3v) is 2.99.